The van der Waals surface area contributed by atoms with Gasteiger partial charge in [-0.25, -0.2) is 4.39 Å². The molecule has 0 radical (unpaired) electrons. The van der Waals surface area contributed by atoms with Gasteiger partial charge in [0.2, 0.25) is 5.91 Å². The quantitative estimate of drug-likeness (QED) is 0.914. The van der Waals surface area contributed by atoms with Crippen LogP contribution in [0.1, 0.15) is 38.2 Å². The molecule has 0 spiro atoms. The molecule has 0 unspecified atom stereocenters. The van der Waals surface area contributed by atoms with Crippen molar-refractivity contribution in [3.05, 3.63) is 35.8 Å². The van der Waals surface area contributed by atoms with Crippen LogP contribution in [0.4, 0.5) is 4.39 Å². The number of benzene rings is 1. The predicted molar refractivity (Wildman–Crippen MR) is 89.6 cm³/mol. The highest BCUT2D eigenvalue weighted by Crippen LogP contribution is 2.33. The highest BCUT2D eigenvalue weighted by atomic mass is 19.1. The van der Waals surface area contributed by atoms with Crippen LogP contribution in [0.15, 0.2) is 24.4 Å². The Morgan fingerprint density at radius 2 is 2.04 bits per heavy atom. The molecule has 1 aliphatic heterocycles. The van der Waals surface area contributed by atoms with E-state index in [0.29, 0.717) is 5.92 Å². The first kappa shape index (κ1) is 16.0. The normalized spacial score (nSPS) is 17.9. The van der Waals surface area contributed by atoms with Crippen molar-refractivity contribution in [1.82, 2.24) is 9.88 Å². The van der Waals surface area contributed by atoms with Gasteiger partial charge in [-0.2, -0.15) is 0 Å². The Morgan fingerprint density at radius 3 is 2.70 bits per heavy atom. The molecular formula is C18H24FN3O. The van der Waals surface area contributed by atoms with Crippen molar-refractivity contribution in [2.24, 2.45) is 11.7 Å². The first-order chi connectivity index (χ1) is 11.0. The van der Waals surface area contributed by atoms with Crippen LogP contribution in [0.5, 0.6) is 0 Å². The lowest BCUT2D eigenvalue weighted by Gasteiger charge is -2.34. The Morgan fingerprint density at radius 1 is 1.35 bits per heavy atom. The Balaban J connectivity index is 1.70. The Bertz CT molecular complexity index is 701. The largest absolute Gasteiger partial charge is 0.361 e. The van der Waals surface area contributed by atoms with Crippen molar-refractivity contribution >= 4 is 16.8 Å². The van der Waals surface area contributed by atoms with Crippen LogP contribution in [0.3, 0.4) is 0 Å². The molecular weight excluding hydrogens is 293 g/mol. The van der Waals surface area contributed by atoms with Crippen molar-refractivity contribution in [2.75, 3.05) is 13.1 Å². The number of carbonyl (C=O) groups is 1. The molecule has 0 aliphatic carbocycles. The maximum atomic E-state index is 13.3. The number of amides is 1. The number of aromatic amines is 1. The van der Waals surface area contributed by atoms with E-state index in [-0.39, 0.29) is 17.6 Å². The van der Waals surface area contributed by atoms with E-state index in [1.54, 1.807) is 0 Å². The summed E-state index contributed by atoms with van der Waals surface area (Å²) in [5.74, 6) is 0.380. The van der Waals surface area contributed by atoms with E-state index >= 15 is 0 Å². The predicted octanol–water partition coefficient (Wildman–Crippen LogP) is 3.00. The minimum Gasteiger partial charge on any atom is -0.361 e. The number of fused-ring (bicyclic) bond motifs is 1. The maximum absolute atomic E-state index is 13.3. The van der Waals surface area contributed by atoms with Crippen molar-refractivity contribution in [2.45, 2.75) is 38.6 Å². The van der Waals surface area contributed by atoms with Gasteiger partial charge in [0.25, 0.3) is 0 Å². The molecule has 5 heteroatoms. The lowest BCUT2D eigenvalue weighted by atomic mass is 9.88. The lowest BCUT2D eigenvalue weighted by Crippen LogP contribution is -2.49. The fourth-order valence-electron chi connectivity index (χ4n) is 3.37. The molecule has 3 N–H and O–H groups in total. The van der Waals surface area contributed by atoms with Crippen LogP contribution in [-0.4, -0.2) is 34.9 Å². The monoisotopic (exact) mass is 317 g/mol. The van der Waals surface area contributed by atoms with Gasteiger partial charge in [-0.05, 0) is 48.4 Å². The summed E-state index contributed by atoms with van der Waals surface area (Å²) in [6, 6.07) is 4.45. The number of hydrogen-bond donors (Lipinski definition) is 2. The van der Waals surface area contributed by atoms with E-state index < -0.39 is 6.04 Å². The van der Waals surface area contributed by atoms with Gasteiger partial charge in [-0.3, -0.25) is 4.79 Å². The smallest absolute Gasteiger partial charge is 0.239 e. The number of nitrogens with two attached hydrogens (primary N) is 1. The molecule has 1 amide bonds. The molecule has 4 nitrogen and oxygen atoms in total. The summed E-state index contributed by atoms with van der Waals surface area (Å²) in [4.78, 5) is 17.4. The third-order valence-electron chi connectivity index (χ3n) is 4.93. The molecule has 0 bridgehead atoms. The number of carbonyl (C=O) groups excluding carboxylic acids is 1. The van der Waals surface area contributed by atoms with Crippen molar-refractivity contribution in [3.63, 3.8) is 0 Å². The molecule has 0 saturated carbocycles. The third kappa shape index (κ3) is 3.11. The van der Waals surface area contributed by atoms with Crippen molar-refractivity contribution in [3.8, 4) is 0 Å². The van der Waals surface area contributed by atoms with Gasteiger partial charge >= 0.3 is 0 Å². The molecule has 1 atom stereocenters. The van der Waals surface area contributed by atoms with Crippen LogP contribution in [0, 0.1) is 11.7 Å². The average molecular weight is 317 g/mol. The summed E-state index contributed by atoms with van der Waals surface area (Å²) in [6.07, 6.45) is 3.81. The Labute approximate surface area is 135 Å². The number of rotatable bonds is 3. The Kier molecular flexibility index (Phi) is 4.39. The number of H-pyrrole nitrogens is 1. The number of piperidine rings is 1. The molecule has 1 saturated heterocycles. The second kappa shape index (κ2) is 6.32. The zero-order chi connectivity index (χ0) is 16.6. The van der Waals surface area contributed by atoms with E-state index in [4.69, 9.17) is 5.73 Å². The number of nitrogens with zero attached hydrogens (tertiary/aromatic N) is 1. The highest BCUT2D eigenvalue weighted by Gasteiger charge is 2.29. The molecule has 1 aromatic carbocycles. The molecule has 1 aliphatic rings. The fraction of sp³-hybridized carbons (Fsp3) is 0.500. The molecule has 2 aromatic rings. The van der Waals surface area contributed by atoms with E-state index in [2.05, 4.69) is 4.98 Å². The van der Waals surface area contributed by atoms with Crippen LogP contribution in [-0.2, 0) is 4.79 Å². The summed E-state index contributed by atoms with van der Waals surface area (Å²) >= 11 is 0. The van der Waals surface area contributed by atoms with E-state index in [9.17, 15) is 9.18 Å². The SMILES string of the molecule is CC(C)[C@H](N)C(=O)N1CCC(c2c[nH]c3cc(F)ccc23)CC1. The number of likely N-dealkylation sites (tertiary alicyclic amines) is 1. The molecule has 23 heavy (non-hydrogen) atoms. The van der Waals surface area contributed by atoms with Crippen LogP contribution >= 0.6 is 0 Å². The van der Waals surface area contributed by atoms with Crippen molar-refractivity contribution < 1.29 is 9.18 Å². The summed E-state index contributed by atoms with van der Waals surface area (Å²) in [5.41, 5.74) is 8.03. The van der Waals surface area contributed by atoms with Gasteiger partial charge in [0.15, 0.2) is 0 Å². The first-order valence-corrected chi connectivity index (χ1v) is 8.28. The zero-order valence-electron chi connectivity index (χ0n) is 13.7. The van der Waals surface area contributed by atoms with E-state index in [1.807, 2.05) is 31.0 Å². The number of aromatic nitrogens is 1. The molecule has 1 aromatic heterocycles. The summed E-state index contributed by atoms with van der Waals surface area (Å²) in [5, 5.41) is 1.08. The molecule has 3 rings (SSSR count). The van der Waals surface area contributed by atoms with Gasteiger partial charge in [0.1, 0.15) is 5.82 Å². The summed E-state index contributed by atoms with van der Waals surface area (Å²) in [6.45, 7) is 5.41. The van der Waals surface area contributed by atoms with Crippen LogP contribution < -0.4 is 5.73 Å². The summed E-state index contributed by atoms with van der Waals surface area (Å²) in [7, 11) is 0. The number of nitrogens with one attached hydrogen (secondary N) is 1. The zero-order valence-corrected chi connectivity index (χ0v) is 13.7. The van der Waals surface area contributed by atoms with Crippen LogP contribution in [0.2, 0.25) is 0 Å². The fourth-order valence-corrected chi connectivity index (χ4v) is 3.37. The standard InChI is InChI=1S/C18H24FN3O/c1-11(2)17(20)18(23)22-7-5-12(6-8-22)15-10-21-16-9-13(19)3-4-14(15)16/h3-4,9-12,17,21H,5-8,20H2,1-2H3/t17-/m0/s1. The van der Waals surface area contributed by atoms with Gasteiger partial charge < -0.3 is 15.6 Å². The van der Waals surface area contributed by atoms with Crippen molar-refractivity contribution in [1.29, 1.82) is 0 Å². The topological polar surface area (TPSA) is 62.1 Å². The number of halogens is 1. The third-order valence-corrected chi connectivity index (χ3v) is 4.93. The Hall–Kier alpha value is -1.88. The molecule has 1 fully saturated rings. The average Bonchev–Trinajstić information content (AvgIpc) is 2.96. The van der Waals surface area contributed by atoms with Gasteiger partial charge in [0, 0.05) is 30.2 Å². The highest BCUT2D eigenvalue weighted by molar-refractivity contribution is 5.84. The van der Waals surface area contributed by atoms with E-state index in [0.717, 1.165) is 36.8 Å². The van der Waals surface area contributed by atoms with Gasteiger partial charge in [-0.15, -0.1) is 0 Å². The second-order valence-corrected chi connectivity index (χ2v) is 6.80. The van der Waals surface area contributed by atoms with Gasteiger partial charge in [-0.1, -0.05) is 13.8 Å². The van der Waals surface area contributed by atoms with Crippen LogP contribution in [0.25, 0.3) is 10.9 Å². The van der Waals surface area contributed by atoms with Gasteiger partial charge in [0.05, 0.1) is 6.04 Å². The summed E-state index contributed by atoms with van der Waals surface area (Å²) < 4.78 is 13.3. The van der Waals surface area contributed by atoms with E-state index in [1.165, 1.54) is 17.7 Å². The minimum absolute atomic E-state index is 0.0550. The molecule has 124 valence electrons. The maximum Gasteiger partial charge on any atom is 0.239 e. The lowest BCUT2D eigenvalue weighted by molar-refractivity contribution is -0.134. The molecule has 2 heterocycles. The minimum atomic E-state index is -0.414. The first-order valence-electron chi connectivity index (χ1n) is 8.28. The second-order valence-electron chi connectivity index (χ2n) is 6.80. The number of hydrogen-bond acceptors (Lipinski definition) is 2.